The summed E-state index contributed by atoms with van der Waals surface area (Å²) in [5, 5.41) is 0. The Bertz CT molecular complexity index is 1050. The van der Waals surface area contributed by atoms with E-state index >= 15 is 0 Å². The molecular weight excluding hydrogens is 344 g/mol. The van der Waals surface area contributed by atoms with Gasteiger partial charge in [-0.05, 0) is 73.6 Å². The van der Waals surface area contributed by atoms with E-state index in [4.69, 9.17) is 9.72 Å². The fraction of sp³-hybridized carbons (Fsp3) is 0.320. The molecule has 1 aliphatic rings. The van der Waals surface area contributed by atoms with Crippen molar-refractivity contribution in [2.24, 2.45) is 0 Å². The number of hydrogen-bond acceptors (Lipinski definition) is 3. The largest absolute Gasteiger partial charge is 0.451 e. The fourth-order valence-corrected chi connectivity index (χ4v) is 3.91. The first-order valence-electron chi connectivity index (χ1n) is 9.84. The first-order valence-corrected chi connectivity index (χ1v) is 9.84. The maximum atomic E-state index is 6.27. The van der Waals surface area contributed by atoms with E-state index in [0.717, 1.165) is 34.3 Å². The lowest BCUT2D eigenvalue weighted by Gasteiger charge is -2.35. The Hall–Kier alpha value is -2.81. The lowest BCUT2D eigenvalue weighted by Crippen LogP contribution is -2.21. The minimum Gasteiger partial charge on any atom is -0.451 e. The number of ether oxygens (including phenoxy) is 1. The Kier molecular flexibility index (Phi) is 4.22. The number of benzene rings is 2. The van der Waals surface area contributed by atoms with Gasteiger partial charge in [0.1, 0.15) is 0 Å². The first-order chi connectivity index (χ1) is 13.2. The third kappa shape index (κ3) is 2.95. The number of para-hydroxylation sites is 1. The van der Waals surface area contributed by atoms with Gasteiger partial charge in [0.05, 0.1) is 11.4 Å². The normalized spacial score (nSPS) is 13.0. The third-order valence-corrected chi connectivity index (χ3v) is 5.42. The van der Waals surface area contributed by atoms with E-state index < -0.39 is 0 Å². The fourth-order valence-electron chi connectivity index (χ4n) is 3.91. The van der Waals surface area contributed by atoms with Gasteiger partial charge in [0, 0.05) is 5.69 Å². The molecule has 0 N–H and O–H groups in total. The molecule has 0 aliphatic carbocycles. The molecule has 2 heterocycles. The molecule has 3 nitrogen and oxygen atoms in total. The van der Waals surface area contributed by atoms with Gasteiger partial charge in [-0.15, -0.1) is 0 Å². The zero-order chi connectivity index (χ0) is 20.2. The lowest BCUT2D eigenvalue weighted by molar-refractivity contribution is 0.470. The van der Waals surface area contributed by atoms with Crippen LogP contribution < -0.4 is 9.64 Å². The van der Waals surface area contributed by atoms with Crippen molar-refractivity contribution in [2.45, 2.75) is 53.9 Å². The molecule has 4 rings (SSSR count). The topological polar surface area (TPSA) is 25.4 Å². The van der Waals surface area contributed by atoms with Gasteiger partial charge in [-0.3, -0.25) is 4.90 Å². The van der Waals surface area contributed by atoms with Crippen LogP contribution in [0, 0.1) is 27.7 Å². The summed E-state index contributed by atoms with van der Waals surface area (Å²) in [5.41, 5.74) is 8.27. The smallest absolute Gasteiger partial charge is 0.181 e. The minimum atomic E-state index is 0.111. The maximum Gasteiger partial charge on any atom is 0.181 e. The predicted molar refractivity (Wildman–Crippen MR) is 117 cm³/mol. The van der Waals surface area contributed by atoms with Crippen LogP contribution in [0.5, 0.6) is 11.5 Å². The molecular formula is C25H28N2O. The van der Waals surface area contributed by atoms with Crippen LogP contribution in [0.3, 0.4) is 0 Å². The lowest BCUT2D eigenvalue weighted by atomic mass is 9.84. The third-order valence-electron chi connectivity index (χ3n) is 5.42. The van der Waals surface area contributed by atoms with E-state index in [2.05, 4.69) is 76.8 Å². The molecule has 0 spiro atoms. The summed E-state index contributed by atoms with van der Waals surface area (Å²) >= 11 is 0. The number of pyridine rings is 1. The van der Waals surface area contributed by atoms with E-state index in [0.29, 0.717) is 0 Å². The summed E-state index contributed by atoms with van der Waals surface area (Å²) in [6.45, 7) is 15.3. The Morgan fingerprint density at radius 1 is 0.857 bits per heavy atom. The zero-order valence-corrected chi connectivity index (χ0v) is 17.8. The number of aromatic nitrogens is 1. The van der Waals surface area contributed by atoms with Crippen LogP contribution in [0.15, 0.2) is 42.5 Å². The maximum absolute atomic E-state index is 6.27. The molecule has 144 valence electrons. The summed E-state index contributed by atoms with van der Waals surface area (Å²) in [5.74, 6) is 2.55. The van der Waals surface area contributed by atoms with Gasteiger partial charge < -0.3 is 4.74 Å². The van der Waals surface area contributed by atoms with Gasteiger partial charge in [0.15, 0.2) is 17.3 Å². The van der Waals surface area contributed by atoms with Crippen molar-refractivity contribution >= 4 is 17.2 Å². The molecule has 2 aromatic carbocycles. The van der Waals surface area contributed by atoms with Crippen LogP contribution in [-0.4, -0.2) is 4.98 Å². The highest BCUT2D eigenvalue weighted by Gasteiger charge is 2.30. The number of rotatable bonds is 1. The van der Waals surface area contributed by atoms with E-state index in [9.17, 15) is 0 Å². The van der Waals surface area contributed by atoms with Crippen LogP contribution >= 0.6 is 0 Å². The van der Waals surface area contributed by atoms with Crippen LogP contribution in [0.4, 0.5) is 17.2 Å². The van der Waals surface area contributed by atoms with Gasteiger partial charge in [-0.1, -0.05) is 45.0 Å². The molecule has 1 aliphatic heterocycles. The van der Waals surface area contributed by atoms with Crippen molar-refractivity contribution in [3.8, 4) is 11.5 Å². The molecule has 0 fully saturated rings. The van der Waals surface area contributed by atoms with Gasteiger partial charge in [0.25, 0.3) is 0 Å². The van der Waals surface area contributed by atoms with Crippen molar-refractivity contribution < 1.29 is 4.74 Å². The molecule has 0 bridgehead atoms. The zero-order valence-electron chi connectivity index (χ0n) is 17.8. The molecule has 0 saturated heterocycles. The van der Waals surface area contributed by atoms with Crippen LogP contribution in [0.2, 0.25) is 0 Å². The van der Waals surface area contributed by atoms with Gasteiger partial charge in [0.2, 0.25) is 0 Å². The van der Waals surface area contributed by atoms with Crippen molar-refractivity contribution in [1.82, 2.24) is 4.98 Å². The van der Waals surface area contributed by atoms with E-state index in [1.165, 1.54) is 22.4 Å². The van der Waals surface area contributed by atoms with E-state index in [1.54, 1.807) is 0 Å². The number of fused-ring (bicyclic) bond motifs is 2. The standard InChI is InChI=1S/C25H28N2O/c1-15-9-8-10-20-23(15)28-21-12-11-18(4)26-24(21)27(20)22-16(2)13-19(14-17(22)3)25(5,6)7/h8-14H,1-7H3. The highest BCUT2D eigenvalue weighted by molar-refractivity contribution is 5.87. The highest BCUT2D eigenvalue weighted by Crippen LogP contribution is 2.52. The van der Waals surface area contributed by atoms with Crippen molar-refractivity contribution in [3.63, 3.8) is 0 Å². The SMILES string of the molecule is Cc1ccc2c(n1)N(c1c(C)cc(C(C)(C)C)cc1C)c1cccc(C)c1O2. The summed E-state index contributed by atoms with van der Waals surface area (Å²) in [6, 6.07) is 14.9. The Morgan fingerprint density at radius 3 is 2.18 bits per heavy atom. The Morgan fingerprint density at radius 2 is 1.54 bits per heavy atom. The van der Waals surface area contributed by atoms with Crippen LogP contribution in [0.1, 0.15) is 48.7 Å². The molecule has 0 amide bonds. The molecule has 0 unspecified atom stereocenters. The Labute approximate surface area is 168 Å². The quantitative estimate of drug-likeness (QED) is 0.353. The van der Waals surface area contributed by atoms with Crippen LogP contribution in [0.25, 0.3) is 0 Å². The average Bonchev–Trinajstić information content (AvgIpc) is 2.60. The summed E-state index contributed by atoms with van der Waals surface area (Å²) in [6.07, 6.45) is 0. The minimum absolute atomic E-state index is 0.111. The van der Waals surface area contributed by atoms with E-state index in [1.807, 2.05) is 19.1 Å². The first kappa shape index (κ1) is 18.5. The summed E-state index contributed by atoms with van der Waals surface area (Å²) in [7, 11) is 0. The molecule has 0 radical (unpaired) electrons. The number of nitrogens with zero attached hydrogens (tertiary/aromatic N) is 2. The second kappa shape index (κ2) is 6.37. The van der Waals surface area contributed by atoms with E-state index in [-0.39, 0.29) is 5.41 Å². The average molecular weight is 373 g/mol. The highest BCUT2D eigenvalue weighted by atomic mass is 16.5. The summed E-state index contributed by atoms with van der Waals surface area (Å²) in [4.78, 5) is 7.12. The molecule has 1 aromatic heterocycles. The Balaban J connectivity index is 2.01. The van der Waals surface area contributed by atoms with Gasteiger partial charge in [-0.2, -0.15) is 0 Å². The molecule has 28 heavy (non-hydrogen) atoms. The molecule has 0 atom stereocenters. The predicted octanol–water partition coefficient (Wildman–Crippen LogP) is 7.19. The number of anilines is 3. The van der Waals surface area contributed by atoms with Crippen LogP contribution in [-0.2, 0) is 5.41 Å². The van der Waals surface area contributed by atoms with Crippen molar-refractivity contribution in [3.05, 3.63) is 70.4 Å². The second-order valence-corrected chi connectivity index (χ2v) is 8.84. The second-order valence-electron chi connectivity index (χ2n) is 8.84. The number of hydrogen-bond donors (Lipinski definition) is 0. The molecule has 3 aromatic rings. The van der Waals surface area contributed by atoms with Crippen molar-refractivity contribution in [1.29, 1.82) is 0 Å². The van der Waals surface area contributed by atoms with Crippen molar-refractivity contribution in [2.75, 3.05) is 4.90 Å². The van der Waals surface area contributed by atoms with Gasteiger partial charge >= 0.3 is 0 Å². The van der Waals surface area contributed by atoms with Gasteiger partial charge in [-0.25, -0.2) is 4.98 Å². The number of aryl methyl sites for hydroxylation is 4. The molecule has 3 heteroatoms. The monoisotopic (exact) mass is 372 g/mol. The summed E-state index contributed by atoms with van der Waals surface area (Å²) < 4.78 is 6.27. The molecule has 0 saturated carbocycles.